The van der Waals surface area contributed by atoms with Crippen molar-refractivity contribution in [1.29, 1.82) is 0 Å². The minimum absolute atomic E-state index is 1.16. The number of benzene rings is 2. The van der Waals surface area contributed by atoms with E-state index >= 15 is 0 Å². The first-order valence-corrected chi connectivity index (χ1v) is 18.1. The van der Waals surface area contributed by atoms with Crippen molar-refractivity contribution in [3.8, 4) is 11.1 Å². The van der Waals surface area contributed by atoms with Crippen molar-refractivity contribution in [1.82, 2.24) is 0 Å². The van der Waals surface area contributed by atoms with Gasteiger partial charge in [-0.3, -0.25) is 0 Å². The van der Waals surface area contributed by atoms with Crippen LogP contribution in [0.3, 0.4) is 0 Å². The minimum atomic E-state index is -1.66. The van der Waals surface area contributed by atoms with Gasteiger partial charge in [-0.1, -0.05) is 6.58 Å². The summed E-state index contributed by atoms with van der Waals surface area (Å²) in [5.74, 6) is 0. The van der Waals surface area contributed by atoms with E-state index in [-0.39, 0.29) is 0 Å². The summed E-state index contributed by atoms with van der Waals surface area (Å²) in [6.45, 7) is 3.79. The average Bonchev–Trinajstić information content (AvgIpc) is 2.47. The molecule has 21 heavy (non-hydrogen) atoms. The summed E-state index contributed by atoms with van der Waals surface area (Å²) < 4.78 is 1.31. The maximum absolute atomic E-state index is 3.79. The Morgan fingerprint density at radius 3 is 1.71 bits per heavy atom. The summed E-state index contributed by atoms with van der Waals surface area (Å²) in [6, 6.07) is 17.3. The van der Waals surface area contributed by atoms with Crippen LogP contribution in [0.15, 0.2) is 61.2 Å². The molecule has 2 rings (SSSR count). The first-order valence-electron chi connectivity index (χ1n) is 7.47. The molecule has 0 spiro atoms. The molecule has 0 bridgehead atoms. The molecule has 2 aromatic rings. The van der Waals surface area contributed by atoms with Crippen LogP contribution < -0.4 is 0 Å². The fourth-order valence-electron chi connectivity index (χ4n) is 2.15. The fourth-order valence-corrected chi connectivity index (χ4v) is 4.50. The molecule has 0 heterocycles. The van der Waals surface area contributed by atoms with Gasteiger partial charge in [-0.2, -0.15) is 0 Å². The number of hydrogen-bond donors (Lipinski definition) is 0. The maximum atomic E-state index is 3.79. The van der Waals surface area contributed by atoms with Crippen LogP contribution in [-0.2, 0) is 0 Å². The van der Waals surface area contributed by atoms with Crippen LogP contribution in [0.4, 0.5) is 0 Å². The van der Waals surface area contributed by atoms with Gasteiger partial charge in [-0.15, -0.1) is 0 Å². The zero-order valence-corrected chi connectivity index (χ0v) is 16.1. The van der Waals surface area contributed by atoms with E-state index in [0.717, 1.165) is 5.56 Å². The molecule has 0 radical (unpaired) electrons. The second-order valence-electron chi connectivity index (χ2n) is 6.62. The van der Waals surface area contributed by atoms with Gasteiger partial charge in [0.1, 0.15) is 0 Å². The van der Waals surface area contributed by atoms with Gasteiger partial charge in [0.05, 0.1) is 0 Å². The first-order chi connectivity index (χ1) is 9.98. The van der Waals surface area contributed by atoms with E-state index in [9.17, 15) is 0 Å². The molecule has 0 atom stereocenters. The molecule has 0 unspecified atom stereocenters. The third kappa shape index (κ3) is 5.20. The van der Waals surface area contributed by atoms with E-state index in [0.29, 0.717) is 0 Å². The molecule has 0 fully saturated rings. The van der Waals surface area contributed by atoms with Crippen LogP contribution in [0.2, 0.25) is 19.3 Å². The van der Waals surface area contributed by atoms with Crippen molar-refractivity contribution >= 4 is 30.5 Å². The van der Waals surface area contributed by atoms with Crippen molar-refractivity contribution < 1.29 is 0 Å². The SMILES string of the molecule is C=Cc1ccc(-c2ccc(C=C[CH2][Sn]([CH3])([CH3])[CH3])cc2)cc1. The summed E-state index contributed by atoms with van der Waals surface area (Å²) in [6.07, 6.45) is 6.48. The second kappa shape index (κ2) is 7.13. The zero-order valence-electron chi connectivity index (χ0n) is 13.3. The molecule has 0 amide bonds. The standard InChI is InChI=1S/C17H15.3CH3.Sn/c1-3-5-15-8-12-17(13-9-15)16-10-6-14(4-2)7-11-16;;;;/h3-13H,1-2H2;3*1H3;. The summed E-state index contributed by atoms with van der Waals surface area (Å²) in [5, 5.41) is 0. The number of allylic oxidation sites excluding steroid dienone is 1. The van der Waals surface area contributed by atoms with Crippen LogP contribution in [0.25, 0.3) is 23.3 Å². The number of hydrogen-bond acceptors (Lipinski definition) is 0. The van der Waals surface area contributed by atoms with Crippen LogP contribution in [0, 0.1) is 0 Å². The third-order valence-electron chi connectivity index (χ3n) is 3.43. The van der Waals surface area contributed by atoms with E-state index < -0.39 is 18.4 Å². The van der Waals surface area contributed by atoms with E-state index in [1.54, 1.807) is 0 Å². The molecular formula is C20H24Sn. The van der Waals surface area contributed by atoms with Crippen molar-refractivity contribution in [3.63, 3.8) is 0 Å². The van der Waals surface area contributed by atoms with Crippen LogP contribution >= 0.6 is 0 Å². The normalized spacial score (nSPS) is 11.8. The molecule has 0 N–H and O–H groups in total. The predicted octanol–water partition coefficient (Wildman–Crippen LogP) is 6.35. The molecule has 0 aliphatic heterocycles. The van der Waals surface area contributed by atoms with Crippen molar-refractivity contribution in [2.24, 2.45) is 0 Å². The molecule has 0 aromatic heterocycles. The van der Waals surface area contributed by atoms with Gasteiger partial charge in [0.15, 0.2) is 0 Å². The van der Waals surface area contributed by atoms with Gasteiger partial charge in [-0.05, 0) is 0 Å². The Kier molecular flexibility index (Phi) is 5.46. The topological polar surface area (TPSA) is 0 Å². The Hall–Kier alpha value is -1.28. The summed E-state index contributed by atoms with van der Waals surface area (Å²) in [7, 11) is 0. The molecular weight excluding hydrogens is 359 g/mol. The van der Waals surface area contributed by atoms with Crippen LogP contribution in [0.1, 0.15) is 11.1 Å². The Balaban J connectivity index is 2.09. The van der Waals surface area contributed by atoms with E-state index in [1.165, 1.54) is 21.1 Å². The van der Waals surface area contributed by atoms with Gasteiger partial charge in [0, 0.05) is 0 Å². The summed E-state index contributed by atoms with van der Waals surface area (Å²) in [5.41, 5.74) is 4.96. The molecule has 0 aliphatic rings. The quantitative estimate of drug-likeness (QED) is 0.528. The second-order valence-corrected chi connectivity index (χ2v) is 22.4. The average molecular weight is 383 g/mol. The van der Waals surface area contributed by atoms with Crippen LogP contribution in [0.5, 0.6) is 0 Å². The van der Waals surface area contributed by atoms with E-state index in [2.05, 4.69) is 82.1 Å². The first kappa shape index (κ1) is 16.1. The van der Waals surface area contributed by atoms with Crippen molar-refractivity contribution in [2.45, 2.75) is 19.3 Å². The van der Waals surface area contributed by atoms with Gasteiger partial charge in [-0.25, -0.2) is 0 Å². The van der Waals surface area contributed by atoms with Gasteiger partial charge < -0.3 is 0 Å². The van der Waals surface area contributed by atoms with Gasteiger partial charge >= 0.3 is 127 Å². The molecule has 0 nitrogen and oxygen atoms in total. The molecule has 108 valence electrons. The molecule has 0 aliphatic carbocycles. The van der Waals surface area contributed by atoms with Gasteiger partial charge in [0.2, 0.25) is 0 Å². The summed E-state index contributed by atoms with van der Waals surface area (Å²) in [4.78, 5) is 7.40. The van der Waals surface area contributed by atoms with E-state index in [1.807, 2.05) is 6.08 Å². The predicted molar refractivity (Wildman–Crippen MR) is 99.2 cm³/mol. The number of rotatable bonds is 5. The fraction of sp³-hybridized carbons (Fsp3) is 0.200. The molecule has 0 saturated heterocycles. The molecule has 1 heteroatoms. The van der Waals surface area contributed by atoms with Crippen molar-refractivity contribution in [3.05, 3.63) is 72.3 Å². The van der Waals surface area contributed by atoms with Crippen LogP contribution in [-0.4, -0.2) is 18.4 Å². The Morgan fingerprint density at radius 2 is 1.29 bits per heavy atom. The third-order valence-corrected chi connectivity index (χ3v) is 7.60. The Bertz CT molecular complexity index is 610. The Morgan fingerprint density at radius 1 is 0.810 bits per heavy atom. The summed E-state index contributed by atoms with van der Waals surface area (Å²) >= 11 is -1.66. The van der Waals surface area contributed by atoms with Gasteiger partial charge in [0.25, 0.3) is 0 Å². The molecule has 2 aromatic carbocycles. The molecule has 0 saturated carbocycles. The van der Waals surface area contributed by atoms with Crippen molar-refractivity contribution in [2.75, 3.05) is 0 Å². The van der Waals surface area contributed by atoms with E-state index in [4.69, 9.17) is 0 Å². The Labute approximate surface area is 133 Å². The monoisotopic (exact) mass is 384 g/mol. The zero-order chi connectivity index (χ0) is 15.3.